The maximum Gasteiger partial charge on any atom is 0.152 e. The molecule has 1 saturated carbocycles. The van der Waals surface area contributed by atoms with Crippen LogP contribution in [0.15, 0.2) is 6.07 Å². The van der Waals surface area contributed by atoms with Gasteiger partial charge in [0, 0.05) is 18.1 Å². The van der Waals surface area contributed by atoms with Gasteiger partial charge in [-0.25, -0.2) is 9.67 Å². The van der Waals surface area contributed by atoms with Gasteiger partial charge in [-0.3, -0.25) is 4.79 Å². The van der Waals surface area contributed by atoms with Crippen molar-refractivity contribution < 1.29 is 9.53 Å². The average Bonchev–Trinajstić information content (AvgIpc) is 2.85. The average molecular weight is 320 g/mol. The number of pyridine rings is 1. The Morgan fingerprint density at radius 1 is 1.27 bits per heavy atom. The summed E-state index contributed by atoms with van der Waals surface area (Å²) in [4.78, 5) is 16.0. The third-order valence-corrected chi connectivity index (χ3v) is 4.92. The summed E-state index contributed by atoms with van der Waals surface area (Å²) < 4.78 is 7.74. The molecular formula is C16H18ClN3O2. The van der Waals surface area contributed by atoms with Crippen LogP contribution in [0.4, 0.5) is 0 Å². The van der Waals surface area contributed by atoms with Gasteiger partial charge in [0.25, 0.3) is 0 Å². The number of aromatic nitrogens is 3. The van der Waals surface area contributed by atoms with Gasteiger partial charge in [-0.05, 0) is 38.2 Å². The molecule has 0 radical (unpaired) electrons. The molecule has 0 N–H and O–H groups in total. The fraction of sp³-hybridized carbons (Fsp3) is 0.562. The number of fused-ring (bicyclic) bond motifs is 1. The summed E-state index contributed by atoms with van der Waals surface area (Å²) >= 11 is 6.10. The van der Waals surface area contributed by atoms with Crippen LogP contribution < -0.4 is 0 Å². The molecule has 1 saturated heterocycles. The monoisotopic (exact) mass is 319 g/mol. The highest BCUT2D eigenvalue weighted by atomic mass is 35.5. The van der Waals surface area contributed by atoms with Gasteiger partial charge in [0.15, 0.2) is 12.5 Å². The minimum Gasteiger partial charge on any atom is -0.356 e. The molecular weight excluding hydrogens is 302 g/mol. The van der Waals surface area contributed by atoms with E-state index in [1.165, 1.54) is 6.42 Å². The molecule has 22 heavy (non-hydrogen) atoms. The van der Waals surface area contributed by atoms with Crippen LogP contribution in [-0.4, -0.2) is 27.7 Å². The number of hydrogen-bond acceptors (Lipinski definition) is 4. The van der Waals surface area contributed by atoms with Gasteiger partial charge < -0.3 is 4.74 Å². The van der Waals surface area contributed by atoms with Crippen LogP contribution in [0.25, 0.3) is 11.0 Å². The van der Waals surface area contributed by atoms with Gasteiger partial charge in [-0.1, -0.05) is 18.0 Å². The number of carbonyl (C=O) groups is 1. The van der Waals surface area contributed by atoms with Crippen LogP contribution in [0, 0.1) is 0 Å². The summed E-state index contributed by atoms with van der Waals surface area (Å²) in [6, 6.07) is 1.61. The van der Waals surface area contributed by atoms with Crippen molar-refractivity contribution in [2.75, 3.05) is 6.61 Å². The molecule has 0 aromatic carbocycles. The molecule has 0 spiro atoms. The second kappa shape index (κ2) is 5.63. The van der Waals surface area contributed by atoms with Crippen molar-refractivity contribution in [1.29, 1.82) is 0 Å². The molecule has 1 aliphatic carbocycles. The fourth-order valence-corrected chi connectivity index (χ4v) is 3.53. The normalized spacial score (nSPS) is 22.7. The van der Waals surface area contributed by atoms with Crippen molar-refractivity contribution in [2.45, 2.75) is 50.7 Å². The smallest absolute Gasteiger partial charge is 0.152 e. The van der Waals surface area contributed by atoms with E-state index in [9.17, 15) is 4.79 Å². The van der Waals surface area contributed by atoms with E-state index < -0.39 is 0 Å². The van der Waals surface area contributed by atoms with Gasteiger partial charge in [-0.2, -0.15) is 5.10 Å². The first-order valence-corrected chi connectivity index (χ1v) is 8.31. The van der Waals surface area contributed by atoms with E-state index in [2.05, 4.69) is 4.98 Å². The Morgan fingerprint density at radius 2 is 2.14 bits per heavy atom. The topological polar surface area (TPSA) is 57.0 Å². The number of hydrogen-bond donors (Lipinski definition) is 0. The lowest BCUT2D eigenvalue weighted by atomic mass is 9.82. The molecule has 2 aromatic heterocycles. The van der Waals surface area contributed by atoms with Gasteiger partial charge in [0.1, 0.15) is 16.2 Å². The Morgan fingerprint density at radius 3 is 2.77 bits per heavy atom. The fourth-order valence-electron chi connectivity index (χ4n) is 3.33. The van der Waals surface area contributed by atoms with Crippen molar-refractivity contribution in [2.24, 2.45) is 0 Å². The van der Waals surface area contributed by atoms with Crippen molar-refractivity contribution in [3.63, 3.8) is 0 Å². The first-order chi connectivity index (χ1) is 10.8. The van der Waals surface area contributed by atoms with Gasteiger partial charge in [0.05, 0.1) is 5.69 Å². The highest BCUT2D eigenvalue weighted by Gasteiger charge is 2.30. The Kier molecular flexibility index (Phi) is 3.62. The molecule has 1 unspecified atom stereocenters. The summed E-state index contributed by atoms with van der Waals surface area (Å²) in [5, 5.41) is 5.14. The Balaban J connectivity index is 1.92. The summed E-state index contributed by atoms with van der Waals surface area (Å²) in [5.74, 6) is 0.429. The maximum atomic E-state index is 11.5. The first kappa shape index (κ1) is 14.2. The third-order valence-electron chi connectivity index (χ3n) is 4.73. The SMILES string of the molecule is O=Cc1cc(Cl)nc2c(C3CCC3)nn(C3CCCCO3)c12. The second-order valence-electron chi connectivity index (χ2n) is 6.13. The molecule has 1 aliphatic heterocycles. The van der Waals surface area contributed by atoms with Crippen LogP contribution >= 0.6 is 11.6 Å². The Hall–Kier alpha value is -1.46. The van der Waals surface area contributed by atoms with Gasteiger partial charge in [-0.15, -0.1) is 0 Å². The summed E-state index contributed by atoms with van der Waals surface area (Å²) in [6.07, 6.45) is 7.32. The molecule has 116 valence electrons. The van der Waals surface area contributed by atoms with Crippen molar-refractivity contribution >= 4 is 28.9 Å². The Labute approximate surface area is 133 Å². The van der Waals surface area contributed by atoms with E-state index >= 15 is 0 Å². The third kappa shape index (κ3) is 2.23. The summed E-state index contributed by atoms with van der Waals surface area (Å²) in [7, 11) is 0. The molecule has 6 heteroatoms. The van der Waals surface area contributed by atoms with Crippen molar-refractivity contribution in [3.8, 4) is 0 Å². The number of rotatable bonds is 3. The number of nitrogens with zero attached hydrogens (tertiary/aromatic N) is 3. The van der Waals surface area contributed by atoms with Crippen LogP contribution in [-0.2, 0) is 4.74 Å². The number of aldehydes is 1. The summed E-state index contributed by atoms with van der Waals surface area (Å²) in [5.41, 5.74) is 3.06. The highest BCUT2D eigenvalue weighted by Crippen LogP contribution is 2.40. The maximum absolute atomic E-state index is 11.5. The minimum atomic E-state index is -0.105. The van der Waals surface area contributed by atoms with E-state index in [-0.39, 0.29) is 6.23 Å². The predicted octanol–water partition coefficient (Wildman–Crippen LogP) is 3.86. The molecule has 2 fully saturated rings. The van der Waals surface area contributed by atoms with Crippen LogP contribution in [0.5, 0.6) is 0 Å². The molecule has 2 aromatic rings. The molecule has 5 nitrogen and oxygen atoms in total. The Bertz CT molecular complexity index is 718. The molecule has 2 aliphatic rings. The van der Waals surface area contributed by atoms with Gasteiger partial charge >= 0.3 is 0 Å². The zero-order chi connectivity index (χ0) is 15.1. The molecule has 3 heterocycles. The number of halogens is 1. The van der Waals surface area contributed by atoms with E-state index in [4.69, 9.17) is 21.4 Å². The van der Waals surface area contributed by atoms with E-state index in [0.29, 0.717) is 16.6 Å². The standard InChI is InChI=1S/C16H18ClN3O2/c17-12-8-11(9-21)16-15(18-12)14(10-4-3-5-10)19-20(16)13-6-1-2-7-22-13/h8-10,13H,1-7H2. The lowest BCUT2D eigenvalue weighted by Crippen LogP contribution is -2.20. The number of ether oxygens (including phenoxy) is 1. The highest BCUT2D eigenvalue weighted by molar-refractivity contribution is 6.30. The molecule has 0 bridgehead atoms. The lowest BCUT2D eigenvalue weighted by molar-refractivity contribution is -0.0370. The second-order valence-corrected chi connectivity index (χ2v) is 6.52. The van der Waals surface area contributed by atoms with E-state index in [0.717, 1.165) is 61.7 Å². The lowest BCUT2D eigenvalue weighted by Gasteiger charge is -2.25. The first-order valence-electron chi connectivity index (χ1n) is 7.93. The largest absolute Gasteiger partial charge is 0.356 e. The zero-order valence-electron chi connectivity index (χ0n) is 12.3. The van der Waals surface area contributed by atoms with Crippen molar-refractivity contribution in [3.05, 3.63) is 22.5 Å². The quantitative estimate of drug-likeness (QED) is 0.636. The zero-order valence-corrected chi connectivity index (χ0v) is 13.1. The van der Waals surface area contributed by atoms with E-state index in [1.54, 1.807) is 6.07 Å². The number of carbonyl (C=O) groups excluding carboxylic acids is 1. The minimum absolute atomic E-state index is 0.105. The molecule has 4 rings (SSSR count). The predicted molar refractivity (Wildman–Crippen MR) is 83.4 cm³/mol. The van der Waals surface area contributed by atoms with Crippen molar-refractivity contribution in [1.82, 2.24) is 14.8 Å². The molecule has 0 amide bonds. The van der Waals surface area contributed by atoms with Crippen LogP contribution in [0.3, 0.4) is 0 Å². The van der Waals surface area contributed by atoms with E-state index in [1.807, 2.05) is 4.68 Å². The van der Waals surface area contributed by atoms with Crippen LogP contribution in [0.1, 0.15) is 66.7 Å². The van der Waals surface area contributed by atoms with Crippen LogP contribution in [0.2, 0.25) is 5.15 Å². The van der Waals surface area contributed by atoms with Gasteiger partial charge in [0.2, 0.25) is 0 Å². The molecule has 1 atom stereocenters. The summed E-state index contributed by atoms with van der Waals surface area (Å²) in [6.45, 7) is 0.738.